The smallest absolute Gasteiger partial charge is 0.416 e. The third-order valence-corrected chi connectivity index (χ3v) is 5.64. The predicted molar refractivity (Wildman–Crippen MR) is 138 cm³/mol. The molecule has 196 valence electrons. The second-order valence-corrected chi connectivity index (χ2v) is 8.52. The monoisotopic (exact) mass is 543 g/mol. The molecule has 0 saturated carbocycles. The number of carbonyl (C=O) groups is 1. The summed E-state index contributed by atoms with van der Waals surface area (Å²) in [5.74, 6) is -0.450. The van der Waals surface area contributed by atoms with E-state index < -0.39 is 29.4 Å². The van der Waals surface area contributed by atoms with Gasteiger partial charge in [0, 0.05) is 16.1 Å². The van der Waals surface area contributed by atoms with Crippen molar-refractivity contribution in [3.05, 3.63) is 93.2 Å². The van der Waals surface area contributed by atoms with Gasteiger partial charge in [-0.3, -0.25) is 4.79 Å². The minimum atomic E-state index is -4.59. The summed E-state index contributed by atoms with van der Waals surface area (Å²) < 4.78 is 51.8. The Morgan fingerprint density at radius 3 is 2.63 bits per heavy atom. The first-order valence-corrected chi connectivity index (χ1v) is 11.8. The SMILES string of the molecule is CCOC(=O)[C@H](C)Oc1ccc(Cl)cc1C=Nn1c(-c2cccc(C(F)(F)F)c2)nc2ccccc2c1=O. The molecule has 1 heterocycles. The van der Waals surface area contributed by atoms with Crippen molar-refractivity contribution in [3.63, 3.8) is 0 Å². The first-order valence-electron chi connectivity index (χ1n) is 11.4. The molecule has 0 aliphatic rings. The average Bonchev–Trinajstić information content (AvgIpc) is 2.89. The van der Waals surface area contributed by atoms with E-state index >= 15 is 0 Å². The molecule has 1 aromatic heterocycles. The van der Waals surface area contributed by atoms with Crippen molar-refractivity contribution < 1.29 is 27.4 Å². The topological polar surface area (TPSA) is 82.8 Å². The van der Waals surface area contributed by atoms with Crippen LogP contribution in [0.25, 0.3) is 22.3 Å². The Kier molecular flexibility index (Phi) is 7.82. The Morgan fingerprint density at radius 2 is 1.89 bits per heavy atom. The number of halogens is 4. The van der Waals surface area contributed by atoms with Gasteiger partial charge in [0.1, 0.15) is 5.75 Å². The summed E-state index contributed by atoms with van der Waals surface area (Å²) in [6, 6.07) is 15.5. The number of ether oxygens (including phenoxy) is 2. The fourth-order valence-electron chi connectivity index (χ4n) is 3.60. The first kappa shape index (κ1) is 26.9. The molecule has 0 fully saturated rings. The number of carbonyl (C=O) groups excluding carboxylic acids is 1. The van der Waals surface area contributed by atoms with E-state index in [1.807, 2.05) is 0 Å². The van der Waals surface area contributed by atoms with Gasteiger partial charge in [-0.05, 0) is 56.3 Å². The lowest BCUT2D eigenvalue weighted by Crippen LogP contribution is -2.26. The number of alkyl halides is 3. The quantitative estimate of drug-likeness (QED) is 0.212. The van der Waals surface area contributed by atoms with Crippen LogP contribution in [0.15, 0.2) is 76.6 Å². The molecule has 0 saturated heterocycles. The van der Waals surface area contributed by atoms with Crippen molar-refractivity contribution in [1.82, 2.24) is 9.66 Å². The molecule has 0 spiro atoms. The standard InChI is InChI=1S/C27H21ClF3N3O4/c1-3-37-26(36)16(2)38-23-12-11-20(28)14-18(23)15-32-34-24(17-7-6-8-19(13-17)27(29,30)31)33-22-10-5-4-9-21(22)25(34)35/h4-16H,3H2,1-2H3/t16-/m0/s1. The molecule has 4 aromatic rings. The molecule has 0 radical (unpaired) electrons. The Bertz CT molecular complexity index is 1580. The summed E-state index contributed by atoms with van der Waals surface area (Å²) in [5, 5.41) is 4.81. The average molecular weight is 544 g/mol. The summed E-state index contributed by atoms with van der Waals surface area (Å²) in [5.41, 5.74) is -0.844. The summed E-state index contributed by atoms with van der Waals surface area (Å²) in [4.78, 5) is 29.9. The molecular formula is C27H21ClF3N3O4. The highest BCUT2D eigenvalue weighted by Crippen LogP contribution is 2.32. The number of hydrogen-bond acceptors (Lipinski definition) is 6. The van der Waals surface area contributed by atoms with E-state index in [4.69, 9.17) is 21.1 Å². The summed E-state index contributed by atoms with van der Waals surface area (Å²) in [6.45, 7) is 3.36. The van der Waals surface area contributed by atoms with Gasteiger partial charge in [-0.25, -0.2) is 9.78 Å². The fraction of sp³-hybridized carbons (Fsp3) is 0.185. The molecule has 0 amide bonds. The van der Waals surface area contributed by atoms with Gasteiger partial charge in [-0.1, -0.05) is 35.9 Å². The maximum atomic E-state index is 13.4. The Morgan fingerprint density at radius 1 is 1.13 bits per heavy atom. The van der Waals surface area contributed by atoms with Gasteiger partial charge in [0.05, 0.1) is 29.3 Å². The number of benzene rings is 3. The Labute approximate surface area is 220 Å². The van der Waals surface area contributed by atoms with E-state index in [2.05, 4.69) is 10.1 Å². The van der Waals surface area contributed by atoms with E-state index in [1.54, 1.807) is 37.3 Å². The molecule has 3 aromatic carbocycles. The van der Waals surface area contributed by atoms with Gasteiger partial charge in [-0.15, -0.1) is 0 Å². The normalized spacial score (nSPS) is 12.6. The molecule has 0 bridgehead atoms. The molecule has 0 aliphatic heterocycles. The molecule has 7 nitrogen and oxygen atoms in total. The van der Waals surface area contributed by atoms with E-state index in [1.165, 1.54) is 37.4 Å². The lowest BCUT2D eigenvalue weighted by molar-refractivity contribution is -0.150. The van der Waals surface area contributed by atoms with Crippen LogP contribution in [0.3, 0.4) is 0 Å². The minimum absolute atomic E-state index is 0.0401. The van der Waals surface area contributed by atoms with Crippen LogP contribution in [0.2, 0.25) is 5.02 Å². The number of aromatic nitrogens is 2. The first-order chi connectivity index (χ1) is 18.1. The number of para-hydroxylation sites is 1. The summed E-state index contributed by atoms with van der Waals surface area (Å²) in [7, 11) is 0. The van der Waals surface area contributed by atoms with Gasteiger partial charge < -0.3 is 9.47 Å². The maximum absolute atomic E-state index is 13.4. The summed E-state index contributed by atoms with van der Waals surface area (Å²) >= 11 is 6.15. The number of rotatable bonds is 7. The van der Waals surface area contributed by atoms with E-state index in [-0.39, 0.29) is 29.1 Å². The zero-order valence-corrected chi connectivity index (χ0v) is 21.0. The largest absolute Gasteiger partial charge is 0.478 e. The molecule has 38 heavy (non-hydrogen) atoms. The Hall–Kier alpha value is -4.18. The highest BCUT2D eigenvalue weighted by atomic mass is 35.5. The van der Waals surface area contributed by atoms with Crippen molar-refractivity contribution in [2.24, 2.45) is 5.10 Å². The van der Waals surface area contributed by atoms with Crippen molar-refractivity contribution in [3.8, 4) is 17.1 Å². The van der Waals surface area contributed by atoms with Crippen molar-refractivity contribution in [2.75, 3.05) is 6.61 Å². The molecule has 1 atom stereocenters. The molecule has 0 N–H and O–H groups in total. The minimum Gasteiger partial charge on any atom is -0.478 e. The number of esters is 1. The zero-order chi connectivity index (χ0) is 27.4. The third-order valence-electron chi connectivity index (χ3n) is 5.41. The van der Waals surface area contributed by atoms with E-state index in [0.717, 1.165) is 16.8 Å². The van der Waals surface area contributed by atoms with Gasteiger partial charge in [0.2, 0.25) is 0 Å². The van der Waals surface area contributed by atoms with E-state index in [0.29, 0.717) is 16.1 Å². The lowest BCUT2D eigenvalue weighted by Gasteiger charge is -2.15. The van der Waals surface area contributed by atoms with Crippen molar-refractivity contribution in [1.29, 1.82) is 0 Å². The van der Waals surface area contributed by atoms with Crippen LogP contribution in [-0.4, -0.2) is 34.6 Å². The maximum Gasteiger partial charge on any atom is 0.416 e. The lowest BCUT2D eigenvalue weighted by atomic mass is 10.1. The van der Waals surface area contributed by atoms with Gasteiger partial charge in [0.15, 0.2) is 11.9 Å². The van der Waals surface area contributed by atoms with E-state index in [9.17, 15) is 22.8 Å². The van der Waals surface area contributed by atoms with Crippen LogP contribution in [0.4, 0.5) is 13.2 Å². The van der Waals surface area contributed by atoms with Crippen LogP contribution in [0, 0.1) is 0 Å². The van der Waals surface area contributed by atoms with Crippen LogP contribution in [0.1, 0.15) is 25.0 Å². The van der Waals surface area contributed by atoms with Crippen molar-refractivity contribution in [2.45, 2.75) is 26.1 Å². The van der Waals surface area contributed by atoms with Gasteiger partial charge in [-0.2, -0.15) is 22.9 Å². The molecule has 0 aliphatic carbocycles. The van der Waals surface area contributed by atoms with Crippen LogP contribution in [-0.2, 0) is 15.7 Å². The van der Waals surface area contributed by atoms with Gasteiger partial charge in [0.25, 0.3) is 5.56 Å². The molecular weight excluding hydrogens is 523 g/mol. The number of nitrogens with zero attached hydrogens (tertiary/aromatic N) is 3. The zero-order valence-electron chi connectivity index (χ0n) is 20.2. The second-order valence-electron chi connectivity index (χ2n) is 8.09. The highest BCUT2D eigenvalue weighted by molar-refractivity contribution is 6.30. The van der Waals surface area contributed by atoms with Crippen LogP contribution >= 0.6 is 11.6 Å². The van der Waals surface area contributed by atoms with Crippen LogP contribution < -0.4 is 10.3 Å². The molecule has 11 heteroatoms. The predicted octanol–water partition coefficient (Wildman–Crippen LogP) is 5.95. The number of hydrogen-bond donors (Lipinski definition) is 0. The van der Waals surface area contributed by atoms with Gasteiger partial charge >= 0.3 is 12.1 Å². The van der Waals surface area contributed by atoms with Crippen LogP contribution in [0.5, 0.6) is 5.75 Å². The fourth-order valence-corrected chi connectivity index (χ4v) is 3.78. The highest BCUT2D eigenvalue weighted by Gasteiger charge is 2.31. The summed E-state index contributed by atoms with van der Waals surface area (Å²) in [6.07, 6.45) is -4.29. The van der Waals surface area contributed by atoms with Crippen molar-refractivity contribution >= 4 is 34.7 Å². The third kappa shape index (κ3) is 5.86. The Balaban J connectivity index is 1.85. The second kappa shape index (κ2) is 11.1. The molecule has 4 rings (SSSR count). The number of fused-ring (bicyclic) bond motifs is 1. The molecule has 0 unspecified atom stereocenters.